The van der Waals surface area contributed by atoms with Crippen molar-refractivity contribution in [3.8, 4) is 5.75 Å². The predicted molar refractivity (Wildman–Crippen MR) is 98.7 cm³/mol. The number of rotatable bonds is 6. The maximum absolute atomic E-state index is 12.4. The Labute approximate surface area is 154 Å². The third kappa shape index (κ3) is 3.31. The molecule has 4 saturated carbocycles. The molecule has 140 valence electrons. The molecule has 0 aliphatic heterocycles. The number of benzene rings is 1. The Morgan fingerprint density at radius 2 is 1.65 bits per heavy atom. The molecule has 0 aromatic heterocycles. The largest absolute Gasteiger partial charge is 0.484 e. The van der Waals surface area contributed by atoms with E-state index in [1.165, 1.54) is 38.5 Å². The van der Waals surface area contributed by atoms with Gasteiger partial charge in [0, 0.05) is 11.6 Å². The molecule has 1 aromatic carbocycles. The number of carbonyl (C=O) groups is 2. The van der Waals surface area contributed by atoms with Gasteiger partial charge >= 0.3 is 0 Å². The fourth-order valence-electron chi connectivity index (χ4n) is 6.01. The number of hydrogen-bond donors (Lipinski definition) is 2. The molecule has 5 rings (SSSR count). The molecule has 26 heavy (non-hydrogen) atoms. The Bertz CT molecular complexity index is 662. The molecular formula is C21H28N2O3. The minimum Gasteiger partial charge on any atom is -0.484 e. The Kier molecular flexibility index (Phi) is 4.41. The summed E-state index contributed by atoms with van der Waals surface area (Å²) in [6, 6.07) is 6.73. The van der Waals surface area contributed by atoms with E-state index in [0.717, 1.165) is 17.8 Å². The van der Waals surface area contributed by atoms with Crippen LogP contribution in [0.1, 0.15) is 55.8 Å². The minimum atomic E-state index is -0.473. The number of ether oxygens (including phenoxy) is 1. The maximum atomic E-state index is 12.4. The van der Waals surface area contributed by atoms with Crippen LogP contribution in [0.2, 0.25) is 0 Å². The molecule has 0 unspecified atom stereocenters. The summed E-state index contributed by atoms with van der Waals surface area (Å²) in [5.41, 5.74) is 5.95. The topological polar surface area (TPSA) is 81.4 Å². The first-order valence-corrected chi connectivity index (χ1v) is 9.75. The average molecular weight is 356 g/mol. The zero-order chi connectivity index (χ0) is 18.3. The molecule has 0 heterocycles. The van der Waals surface area contributed by atoms with E-state index in [1.54, 1.807) is 24.3 Å². The number of nitrogens with one attached hydrogen (secondary N) is 1. The highest BCUT2D eigenvalue weighted by Crippen LogP contribution is 2.61. The van der Waals surface area contributed by atoms with E-state index in [2.05, 4.69) is 12.2 Å². The van der Waals surface area contributed by atoms with E-state index >= 15 is 0 Å². The van der Waals surface area contributed by atoms with Crippen molar-refractivity contribution < 1.29 is 14.3 Å². The van der Waals surface area contributed by atoms with Crippen molar-refractivity contribution in [3.63, 3.8) is 0 Å². The smallest absolute Gasteiger partial charge is 0.258 e. The SMILES string of the molecule is C[C@@H](NC(=O)COc1ccc(C(N)=O)cc1)C12CC3CC(CC(C3)C1)C2. The van der Waals surface area contributed by atoms with Crippen LogP contribution in [0, 0.1) is 23.2 Å². The van der Waals surface area contributed by atoms with Crippen LogP contribution < -0.4 is 15.8 Å². The van der Waals surface area contributed by atoms with Crippen molar-refractivity contribution in [1.82, 2.24) is 5.32 Å². The van der Waals surface area contributed by atoms with Crippen molar-refractivity contribution in [3.05, 3.63) is 29.8 Å². The molecule has 4 bridgehead atoms. The molecule has 5 nitrogen and oxygen atoms in total. The van der Waals surface area contributed by atoms with E-state index in [1.807, 2.05) is 0 Å². The van der Waals surface area contributed by atoms with Crippen molar-refractivity contribution in [1.29, 1.82) is 0 Å². The summed E-state index contributed by atoms with van der Waals surface area (Å²) in [4.78, 5) is 23.5. The van der Waals surface area contributed by atoms with Gasteiger partial charge in [-0.1, -0.05) is 0 Å². The first-order valence-electron chi connectivity index (χ1n) is 9.75. The summed E-state index contributed by atoms with van der Waals surface area (Å²) < 4.78 is 5.56. The lowest BCUT2D eigenvalue weighted by Gasteiger charge is -2.59. The van der Waals surface area contributed by atoms with Crippen LogP contribution in [-0.2, 0) is 4.79 Å². The molecule has 1 atom stereocenters. The van der Waals surface area contributed by atoms with Gasteiger partial charge < -0.3 is 15.8 Å². The van der Waals surface area contributed by atoms with Crippen LogP contribution in [0.15, 0.2) is 24.3 Å². The van der Waals surface area contributed by atoms with Crippen molar-refractivity contribution >= 4 is 11.8 Å². The average Bonchev–Trinajstić information content (AvgIpc) is 2.59. The van der Waals surface area contributed by atoms with Crippen LogP contribution in [0.3, 0.4) is 0 Å². The Hall–Kier alpha value is -2.04. The second kappa shape index (κ2) is 6.60. The van der Waals surface area contributed by atoms with Crippen LogP contribution in [0.5, 0.6) is 5.75 Å². The molecule has 4 aliphatic carbocycles. The van der Waals surface area contributed by atoms with Gasteiger partial charge in [-0.25, -0.2) is 0 Å². The molecule has 2 amide bonds. The predicted octanol–water partition coefficient (Wildman–Crippen LogP) is 2.89. The quantitative estimate of drug-likeness (QED) is 0.822. The lowest BCUT2D eigenvalue weighted by Crippen LogP contribution is -2.56. The molecule has 0 radical (unpaired) electrons. The third-order valence-electron chi connectivity index (χ3n) is 6.89. The summed E-state index contributed by atoms with van der Waals surface area (Å²) >= 11 is 0. The second-order valence-corrected chi connectivity index (χ2v) is 8.75. The van der Waals surface area contributed by atoms with Crippen LogP contribution in [0.4, 0.5) is 0 Å². The van der Waals surface area contributed by atoms with Crippen molar-refractivity contribution in [2.75, 3.05) is 6.61 Å². The van der Waals surface area contributed by atoms with Gasteiger partial charge in [0.2, 0.25) is 5.91 Å². The van der Waals surface area contributed by atoms with Gasteiger partial charge in [0.25, 0.3) is 5.91 Å². The van der Waals surface area contributed by atoms with Crippen molar-refractivity contribution in [2.45, 2.75) is 51.5 Å². The molecule has 4 aliphatic rings. The standard InChI is InChI=1S/C21H28N2O3/c1-13(21-9-14-6-15(10-21)8-16(7-14)11-21)23-19(24)12-26-18-4-2-17(3-5-18)20(22)25/h2-5,13-16H,6-12H2,1H3,(H2,22,25)(H,23,24)/t13-,14?,15?,16?,21?/m1/s1. The van der Waals surface area contributed by atoms with E-state index in [-0.39, 0.29) is 18.6 Å². The second-order valence-electron chi connectivity index (χ2n) is 8.75. The zero-order valence-corrected chi connectivity index (χ0v) is 15.4. The highest BCUT2D eigenvalue weighted by Gasteiger charge is 2.53. The van der Waals surface area contributed by atoms with Gasteiger partial charge in [0.05, 0.1) is 0 Å². The van der Waals surface area contributed by atoms with Crippen LogP contribution >= 0.6 is 0 Å². The summed E-state index contributed by atoms with van der Waals surface area (Å²) in [7, 11) is 0. The minimum absolute atomic E-state index is 0.00732. The molecule has 4 fully saturated rings. The normalized spacial score (nSPS) is 32.9. The number of nitrogens with two attached hydrogens (primary N) is 1. The number of primary amides is 1. The molecule has 0 saturated heterocycles. The Morgan fingerprint density at radius 1 is 1.12 bits per heavy atom. The maximum Gasteiger partial charge on any atom is 0.258 e. The number of amides is 2. The molecule has 3 N–H and O–H groups in total. The monoisotopic (exact) mass is 356 g/mol. The third-order valence-corrected chi connectivity index (χ3v) is 6.89. The lowest BCUT2D eigenvalue weighted by atomic mass is 9.48. The highest BCUT2D eigenvalue weighted by atomic mass is 16.5. The molecule has 5 heteroatoms. The van der Waals surface area contributed by atoms with Gasteiger partial charge in [0.15, 0.2) is 6.61 Å². The molecule has 0 spiro atoms. The summed E-state index contributed by atoms with van der Waals surface area (Å²) in [6.07, 6.45) is 8.04. The van der Waals surface area contributed by atoms with Gasteiger partial charge in [-0.3, -0.25) is 9.59 Å². The summed E-state index contributed by atoms with van der Waals surface area (Å²) in [5.74, 6) is 2.64. The molecular weight excluding hydrogens is 328 g/mol. The van der Waals surface area contributed by atoms with E-state index in [4.69, 9.17) is 10.5 Å². The van der Waals surface area contributed by atoms with E-state index in [9.17, 15) is 9.59 Å². The van der Waals surface area contributed by atoms with Crippen LogP contribution in [0.25, 0.3) is 0 Å². The molecule has 1 aromatic rings. The summed E-state index contributed by atoms with van der Waals surface area (Å²) in [5, 5.41) is 3.20. The number of hydrogen-bond acceptors (Lipinski definition) is 3. The summed E-state index contributed by atoms with van der Waals surface area (Å²) in [6.45, 7) is 2.17. The Balaban J connectivity index is 1.31. The lowest BCUT2D eigenvalue weighted by molar-refractivity contribution is -0.127. The van der Waals surface area contributed by atoms with E-state index < -0.39 is 5.91 Å². The van der Waals surface area contributed by atoms with E-state index in [0.29, 0.717) is 16.7 Å². The zero-order valence-electron chi connectivity index (χ0n) is 15.4. The van der Waals surface area contributed by atoms with Crippen LogP contribution in [-0.4, -0.2) is 24.5 Å². The Morgan fingerprint density at radius 3 is 2.15 bits per heavy atom. The first kappa shape index (κ1) is 17.4. The fourth-order valence-corrected chi connectivity index (χ4v) is 6.01. The van der Waals surface area contributed by atoms with Crippen molar-refractivity contribution in [2.24, 2.45) is 28.9 Å². The fraction of sp³-hybridized carbons (Fsp3) is 0.619. The van der Waals surface area contributed by atoms with Gasteiger partial charge in [-0.05, 0) is 92.9 Å². The first-order chi connectivity index (χ1) is 12.4. The van der Waals surface area contributed by atoms with Gasteiger partial charge in [-0.15, -0.1) is 0 Å². The number of carbonyl (C=O) groups excluding carboxylic acids is 2. The van der Waals surface area contributed by atoms with Gasteiger partial charge in [0.1, 0.15) is 5.75 Å². The highest BCUT2D eigenvalue weighted by molar-refractivity contribution is 5.92. The van der Waals surface area contributed by atoms with Gasteiger partial charge in [-0.2, -0.15) is 0 Å².